The molecule has 1 aliphatic heterocycles. The van der Waals surface area contributed by atoms with Crippen LogP contribution in [-0.2, 0) is 11.2 Å². The van der Waals surface area contributed by atoms with Gasteiger partial charge in [0, 0.05) is 19.6 Å². The Kier molecular flexibility index (Phi) is 9.81. The molecule has 0 radical (unpaired) electrons. The van der Waals surface area contributed by atoms with E-state index in [1.165, 1.54) is 0 Å². The minimum absolute atomic E-state index is 0. The van der Waals surface area contributed by atoms with Crippen LogP contribution in [0, 0.1) is 11.8 Å². The number of carbonyl (C=O) groups is 1. The second-order valence-electron chi connectivity index (χ2n) is 7.16. The Bertz CT molecular complexity index is 560. The van der Waals surface area contributed by atoms with Crippen molar-refractivity contribution in [2.24, 2.45) is 11.8 Å². The molecule has 1 aromatic carbocycles. The van der Waals surface area contributed by atoms with Crippen LogP contribution >= 0.6 is 12.4 Å². The summed E-state index contributed by atoms with van der Waals surface area (Å²) >= 11 is 0. The highest BCUT2D eigenvalue weighted by Crippen LogP contribution is 2.28. The van der Waals surface area contributed by atoms with E-state index in [0.29, 0.717) is 11.8 Å². The molecule has 1 aromatic rings. The van der Waals surface area contributed by atoms with Gasteiger partial charge in [-0.3, -0.25) is 4.79 Å². The largest absolute Gasteiger partial charge is 0.493 e. The van der Waals surface area contributed by atoms with Crippen molar-refractivity contribution in [3.8, 4) is 11.5 Å². The first-order chi connectivity index (χ1) is 12.0. The van der Waals surface area contributed by atoms with Crippen LogP contribution in [-0.4, -0.2) is 51.2 Å². The lowest BCUT2D eigenvalue weighted by Crippen LogP contribution is -2.45. The topological polar surface area (TPSA) is 50.8 Å². The average Bonchev–Trinajstić information content (AvgIpc) is 2.64. The average molecular weight is 385 g/mol. The summed E-state index contributed by atoms with van der Waals surface area (Å²) in [6, 6.07) is 5.97. The van der Waals surface area contributed by atoms with Gasteiger partial charge in [0.05, 0.1) is 20.1 Å². The standard InChI is InChI=1S/C20H32N2O3.ClH/c1-15(2)14-22(20(23)17-6-5-10-21-13-17)11-9-16-7-8-18(24-3)19(12-16)25-4;/h7-8,12,15,17,21H,5-6,9-11,13-14H2,1-4H3;1H. The van der Waals surface area contributed by atoms with Gasteiger partial charge in [-0.05, 0) is 49.4 Å². The molecule has 0 spiro atoms. The third-order valence-electron chi connectivity index (χ3n) is 4.66. The molecule has 1 fully saturated rings. The molecule has 0 saturated carbocycles. The number of carbonyl (C=O) groups excluding carboxylic acids is 1. The molecule has 1 N–H and O–H groups in total. The van der Waals surface area contributed by atoms with Gasteiger partial charge in [-0.1, -0.05) is 19.9 Å². The van der Waals surface area contributed by atoms with Crippen LogP contribution < -0.4 is 14.8 Å². The number of nitrogens with zero attached hydrogens (tertiary/aromatic N) is 1. The third kappa shape index (κ3) is 6.36. The molecule has 26 heavy (non-hydrogen) atoms. The van der Waals surface area contributed by atoms with Crippen molar-refractivity contribution >= 4 is 18.3 Å². The first kappa shape index (κ1) is 22.6. The van der Waals surface area contributed by atoms with E-state index in [1.54, 1.807) is 14.2 Å². The van der Waals surface area contributed by atoms with Crippen molar-refractivity contribution in [2.75, 3.05) is 40.4 Å². The number of hydrogen-bond acceptors (Lipinski definition) is 4. The van der Waals surface area contributed by atoms with Crippen molar-refractivity contribution in [3.05, 3.63) is 23.8 Å². The van der Waals surface area contributed by atoms with Crippen LogP contribution in [0.3, 0.4) is 0 Å². The number of halogens is 1. The maximum atomic E-state index is 12.9. The molecule has 1 atom stereocenters. The summed E-state index contributed by atoms with van der Waals surface area (Å²) in [5.41, 5.74) is 1.15. The first-order valence-corrected chi connectivity index (χ1v) is 9.25. The van der Waals surface area contributed by atoms with E-state index in [9.17, 15) is 4.79 Å². The molecular weight excluding hydrogens is 352 g/mol. The molecule has 1 saturated heterocycles. The molecule has 2 rings (SSSR count). The number of amides is 1. The number of nitrogens with one attached hydrogen (secondary N) is 1. The monoisotopic (exact) mass is 384 g/mol. The van der Waals surface area contributed by atoms with Gasteiger partial charge < -0.3 is 19.7 Å². The molecule has 1 heterocycles. The van der Waals surface area contributed by atoms with Crippen LogP contribution in [0.5, 0.6) is 11.5 Å². The SMILES string of the molecule is COc1ccc(CCN(CC(C)C)C(=O)C2CCCNC2)cc1OC.Cl. The fourth-order valence-electron chi connectivity index (χ4n) is 3.35. The summed E-state index contributed by atoms with van der Waals surface area (Å²) in [6.45, 7) is 7.71. The Hall–Kier alpha value is -1.46. The van der Waals surface area contributed by atoms with E-state index in [4.69, 9.17) is 9.47 Å². The number of piperidine rings is 1. The van der Waals surface area contributed by atoms with Crippen LogP contribution in [0.25, 0.3) is 0 Å². The number of hydrogen-bond donors (Lipinski definition) is 1. The smallest absolute Gasteiger partial charge is 0.226 e. The fourth-order valence-corrected chi connectivity index (χ4v) is 3.35. The van der Waals surface area contributed by atoms with E-state index in [2.05, 4.69) is 19.2 Å². The second-order valence-corrected chi connectivity index (χ2v) is 7.16. The summed E-state index contributed by atoms with van der Waals surface area (Å²) in [7, 11) is 3.28. The van der Waals surface area contributed by atoms with Gasteiger partial charge >= 0.3 is 0 Å². The van der Waals surface area contributed by atoms with Crippen LogP contribution in [0.15, 0.2) is 18.2 Å². The van der Waals surface area contributed by atoms with Crippen molar-refractivity contribution in [1.29, 1.82) is 0 Å². The van der Waals surface area contributed by atoms with Crippen LogP contribution in [0.1, 0.15) is 32.3 Å². The summed E-state index contributed by atoms with van der Waals surface area (Å²) in [6.07, 6.45) is 2.90. The Morgan fingerprint density at radius 1 is 1.27 bits per heavy atom. The minimum Gasteiger partial charge on any atom is -0.493 e. The Balaban J connectivity index is 0.00000338. The highest BCUT2D eigenvalue weighted by Gasteiger charge is 2.26. The van der Waals surface area contributed by atoms with E-state index in [-0.39, 0.29) is 18.3 Å². The first-order valence-electron chi connectivity index (χ1n) is 9.25. The zero-order valence-electron chi connectivity index (χ0n) is 16.4. The molecule has 1 unspecified atom stereocenters. The Morgan fingerprint density at radius 3 is 2.58 bits per heavy atom. The van der Waals surface area contributed by atoms with E-state index in [0.717, 1.165) is 62.5 Å². The predicted molar refractivity (Wildman–Crippen MR) is 108 cm³/mol. The summed E-state index contributed by atoms with van der Waals surface area (Å²) in [5.74, 6) is 2.35. The third-order valence-corrected chi connectivity index (χ3v) is 4.66. The van der Waals surface area contributed by atoms with Gasteiger partial charge in [0.15, 0.2) is 11.5 Å². The Labute approximate surface area is 163 Å². The summed E-state index contributed by atoms with van der Waals surface area (Å²) in [5, 5.41) is 3.35. The molecular formula is C20H33ClN2O3. The van der Waals surface area contributed by atoms with Crippen LogP contribution in [0.4, 0.5) is 0 Å². The lowest BCUT2D eigenvalue weighted by atomic mass is 9.97. The van der Waals surface area contributed by atoms with Gasteiger partial charge in [-0.2, -0.15) is 0 Å². The zero-order valence-corrected chi connectivity index (χ0v) is 17.2. The minimum atomic E-state index is 0. The molecule has 1 aliphatic rings. The van der Waals surface area contributed by atoms with Crippen molar-refractivity contribution in [3.63, 3.8) is 0 Å². The van der Waals surface area contributed by atoms with Gasteiger partial charge in [0.25, 0.3) is 0 Å². The lowest BCUT2D eigenvalue weighted by molar-refractivity contribution is -0.136. The number of ether oxygens (including phenoxy) is 2. The lowest BCUT2D eigenvalue weighted by Gasteiger charge is -2.31. The predicted octanol–water partition coefficient (Wildman–Crippen LogP) is 3.15. The molecule has 1 amide bonds. The summed E-state index contributed by atoms with van der Waals surface area (Å²) in [4.78, 5) is 15.0. The maximum Gasteiger partial charge on any atom is 0.226 e. The molecule has 0 bridgehead atoms. The quantitative estimate of drug-likeness (QED) is 0.748. The normalized spacial score (nSPS) is 16.7. The highest BCUT2D eigenvalue weighted by atomic mass is 35.5. The Morgan fingerprint density at radius 2 is 2.00 bits per heavy atom. The van der Waals surface area contributed by atoms with E-state index >= 15 is 0 Å². The van der Waals surface area contributed by atoms with Gasteiger partial charge in [-0.25, -0.2) is 0 Å². The molecule has 6 heteroatoms. The van der Waals surface area contributed by atoms with Crippen molar-refractivity contribution in [2.45, 2.75) is 33.1 Å². The van der Waals surface area contributed by atoms with E-state index in [1.807, 2.05) is 23.1 Å². The number of rotatable bonds is 8. The van der Waals surface area contributed by atoms with Gasteiger partial charge in [0.2, 0.25) is 5.91 Å². The second kappa shape index (κ2) is 11.3. The van der Waals surface area contributed by atoms with Crippen molar-refractivity contribution in [1.82, 2.24) is 10.2 Å². The van der Waals surface area contributed by atoms with Crippen molar-refractivity contribution < 1.29 is 14.3 Å². The summed E-state index contributed by atoms with van der Waals surface area (Å²) < 4.78 is 10.7. The molecule has 0 aromatic heterocycles. The molecule has 0 aliphatic carbocycles. The zero-order chi connectivity index (χ0) is 18.2. The maximum absolute atomic E-state index is 12.9. The van der Waals surface area contributed by atoms with Gasteiger partial charge in [0.1, 0.15) is 0 Å². The number of methoxy groups -OCH3 is 2. The van der Waals surface area contributed by atoms with Gasteiger partial charge in [-0.15, -0.1) is 12.4 Å². The fraction of sp³-hybridized carbons (Fsp3) is 0.650. The van der Waals surface area contributed by atoms with E-state index < -0.39 is 0 Å². The molecule has 148 valence electrons. The van der Waals surface area contributed by atoms with Crippen LogP contribution in [0.2, 0.25) is 0 Å². The number of benzene rings is 1. The molecule has 5 nitrogen and oxygen atoms in total. The highest BCUT2D eigenvalue weighted by molar-refractivity contribution is 5.85.